The first kappa shape index (κ1) is 15.0. The van der Waals surface area contributed by atoms with Crippen LogP contribution < -0.4 is 4.90 Å². The molecular weight excluding hydrogens is 327 g/mol. The van der Waals surface area contributed by atoms with Crippen molar-refractivity contribution in [1.29, 1.82) is 0 Å². The summed E-state index contributed by atoms with van der Waals surface area (Å²) >= 11 is 13.4. The smallest absolute Gasteiger partial charge is 0.138 e. The Morgan fingerprint density at radius 3 is 2.62 bits per heavy atom. The van der Waals surface area contributed by atoms with E-state index in [1.54, 1.807) is 0 Å². The van der Waals surface area contributed by atoms with Crippen LogP contribution in [0, 0.1) is 6.92 Å². The maximum Gasteiger partial charge on any atom is 0.138 e. The number of anilines is 1. The minimum atomic E-state index is 0.697. The highest BCUT2D eigenvalue weighted by atomic mass is 35.5. The van der Waals surface area contributed by atoms with E-state index >= 15 is 0 Å². The minimum Gasteiger partial charge on any atom is -0.369 e. The number of nitrogens with zero attached hydrogens (tertiary/aromatic N) is 4. The predicted octanol–water partition coefficient (Wildman–Crippen LogP) is 3.48. The Morgan fingerprint density at radius 2 is 1.95 bits per heavy atom. The third-order valence-corrected chi connectivity index (χ3v) is 4.99. The molecule has 0 aliphatic carbocycles. The van der Waals surface area contributed by atoms with Crippen LogP contribution >= 0.6 is 34.7 Å². The third kappa shape index (κ3) is 3.48. The van der Waals surface area contributed by atoms with E-state index in [0.29, 0.717) is 4.34 Å². The summed E-state index contributed by atoms with van der Waals surface area (Å²) < 4.78 is 4.58. The summed E-state index contributed by atoms with van der Waals surface area (Å²) in [5, 5.41) is 4.87. The van der Waals surface area contributed by atoms with Gasteiger partial charge in [-0.25, -0.2) is 0 Å². The SMILES string of the molecule is Cc1ccc(Cl)cc1N1CCN(Cc2nnsc2Cl)CC1. The van der Waals surface area contributed by atoms with E-state index in [-0.39, 0.29) is 0 Å². The van der Waals surface area contributed by atoms with Crippen molar-refractivity contribution in [3.63, 3.8) is 0 Å². The second-order valence-electron chi connectivity index (χ2n) is 5.19. The minimum absolute atomic E-state index is 0.697. The summed E-state index contributed by atoms with van der Waals surface area (Å²) in [5.41, 5.74) is 3.38. The Labute approximate surface area is 138 Å². The molecule has 112 valence electrons. The molecule has 0 atom stereocenters. The molecule has 1 fully saturated rings. The number of halogens is 2. The highest BCUT2D eigenvalue weighted by molar-refractivity contribution is 7.10. The molecule has 0 radical (unpaired) electrons. The van der Waals surface area contributed by atoms with Crippen LogP contribution in [0.25, 0.3) is 0 Å². The second kappa shape index (κ2) is 6.48. The molecule has 1 aliphatic heterocycles. The van der Waals surface area contributed by atoms with Crippen LogP contribution in [-0.4, -0.2) is 40.7 Å². The van der Waals surface area contributed by atoms with Crippen molar-refractivity contribution in [1.82, 2.24) is 14.5 Å². The van der Waals surface area contributed by atoms with Gasteiger partial charge in [-0.15, -0.1) is 5.10 Å². The Bertz CT molecular complexity index is 623. The van der Waals surface area contributed by atoms with Gasteiger partial charge in [0.2, 0.25) is 0 Å². The normalized spacial score (nSPS) is 16.4. The number of rotatable bonds is 3. The predicted molar refractivity (Wildman–Crippen MR) is 88.6 cm³/mol. The van der Waals surface area contributed by atoms with Crippen LogP contribution in [0.5, 0.6) is 0 Å². The first-order chi connectivity index (χ1) is 10.1. The number of aromatic nitrogens is 2. The largest absolute Gasteiger partial charge is 0.369 e. The molecule has 2 heterocycles. The summed E-state index contributed by atoms with van der Waals surface area (Å²) in [6, 6.07) is 6.06. The van der Waals surface area contributed by atoms with Gasteiger partial charge < -0.3 is 4.90 Å². The van der Waals surface area contributed by atoms with Gasteiger partial charge in [-0.2, -0.15) is 0 Å². The van der Waals surface area contributed by atoms with Crippen molar-refractivity contribution >= 4 is 40.4 Å². The van der Waals surface area contributed by atoms with Crippen LogP contribution in [-0.2, 0) is 6.54 Å². The van der Waals surface area contributed by atoms with Gasteiger partial charge in [-0.1, -0.05) is 33.8 Å². The third-order valence-electron chi connectivity index (χ3n) is 3.77. The number of hydrogen-bond donors (Lipinski definition) is 0. The van der Waals surface area contributed by atoms with Crippen LogP contribution in [0.4, 0.5) is 5.69 Å². The van der Waals surface area contributed by atoms with E-state index in [2.05, 4.69) is 32.4 Å². The molecule has 0 spiro atoms. The van der Waals surface area contributed by atoms with Gasteiger partial charge in [0, 0.05) is 55.0 Å². The van der Waals surface area contributed by atoms with Gasteiger partial charge in [-0.3, -0.25) is 4.90 Å². The van der Waals surface area contributed by atoms with Crippen LogP contribution in [0.3, 0.4) is 0 Å². The molecule has 4 nitrogen and oxygen atoms in total. The molecule has 0 amide bonds. The van der Waals surface area contributed by atoms with Crippen molar-refractivity contribution in [2.45, 2.75) is 13.5 Å². The monoisotopic (exact) mass is 342 g/mol. The molecule has 1 aliphatic rings. The Balaban J connectivity index is 1.62. The molecule has 0 saturated carbocycles. The van der Waals surface area contributed by atoms with E-state index in [1.807, 2.05) is 12.1 Å². The van der Waals surface area contributed by atoms with Crippen molar-refractivity contribution in [2.75, 3.05) is 31.1 Å². The highest BCUT2D eigenvalue weighted by Gasteiger charge is 2.20. The zero-order chi connectivity index (χ0) is 14.8. The van der Waals surface area contributed by atoms with Gasteiger partial charge in [0.05, 0.1) is 0 Å². The quantitative estimate of drug-likeness (QED) is 0.854. The number of piperazine rings is 1. The summed E-state index contributed by atoms with van der Waals surface area (Å²) in [7, 11) is 0. The molecule has 1 aromatic carbocycles. The molecule has 0 bridgehead atoms. The lowest BCUT2D eigenvalue weighted by molar-refractivity contribution is 0.247. The Hall–Kier alpha value is -0.880. The van der Waals surface area contributed by atoms with Crippen molar-refractivity contribution in [2.24, 2.45) is 0 Å². The summed E-state index contributed by atoms with van der Waals surface area (Å²) in [5.74, 6) is 0. The average Bonchev–Trinajstić information content (AvgIpc) is 2.88. The lowest BCUT2D eigenvalue weighted by Crippen LogP contribution is -2.46. The molecule has 0 unspecified atom stereocenters. The summed E-state index contributed by atoms with van der Waals surface area (Å²) in [6.45, 7) is 6.84. The first-order valence-corrected chi connectivity index (χ1v) is 8.36. The fourth-order valence-corrected chi connectivity index (χ4v) is 3.35. The standard InChI is InChI=1S/C14H16Cl2N4S/c1-10-2-3-11(15)8-13(10)20-6-4-19(5-7-20)9-12-14(16)21-18-17-12/h2-3,8H,4-7,9H2,1H3. The maximum absolute atomic E-state index is 6.11. The molecule has 21 heavy (non-hydrogen) atoms. The molecule has 3 rings (SSSR count). The van der Waals surface area contributed by atoms with Crippen LogP contribution in [0.1, 0.15) is 11.3 Å². The lowest BCUT2D eigenvalue weighted by atomic mass is 10.1. The number of hydrogen-bond acceptors (Lipinski definition) is 5. The molecule has 7 heteroatoms. The number of aryl methyl sites for hydroxylation is 1. The van der Waals surface area contributed by atoms with E-state index in [9.17, 15) is 0 Å². The summed E-state index contributed by atoms with van der Waals surface area (Å²) in [6.07, 6.45) is 0. The zero-order valence-corrected chi connectivity index (χ0v) is 14.0. The van der Waals surface area contributed by atoms with Gasteiger partial charge in [0.1, 0.15) is 10.0 Å². The van der Waals surface area contributed by atoms with Gasteiger partial charge >= 0.3 is 0 Å². The number of benzene rings is 1. The Kier molecular flexibility index (Phi) is 4.64. The molecule has 0 N–H and O–H groups in total. The Morgan fingerprint density at radius 1 is 1.19 bits per heavy atom. The van der Waals surface area contributed by atoms with Gasteiger partial charge in [0.15, 0.2) is 0 Å². The second-order valence-corrected chi connectivity index (χ2v) is 6.98. The van der Waals surface area contributed by atoms with Crippen LogP contribution in [0.2, 0.25) is 9.36 Å². The topological polar surface area (TPSA) is 32.3 Å². The fraction of sp³-hybridized carbons (Fsp3) is 0.429. The lowest BCUT2D eigenvalue weighted by Gasteiger charge is -2.36. The van der Waals surface area contributed by atoms with E-state index in [1.165, 1.54) is 22.8 Å². The average molecular weight is 343 g/mol. The van der Waals surface area contributed by atoms with Gasteiger partial charge in [-0.05, 0) is 24.6 Å². The fourth-order valence-electron chi connectivity index (χ4n) is 2.57. The van der Waals surface area contributed by atoms with E-state index < -0.39 is 0 Å². The van der Waals surface area contributed by atoms with E-state index in [0.717, 1.165) is 43.4 Å². The van der Waals surface area contributed by atoms with Crippen LogP contribution in [0.15, 0.2) is 18.2 Å². The molecular formula is C14H16Cl2N4S. The van der Waals surface area contributed by atoms with Crippen molar-refractivity contribution in [3.05, 3.63) is 38.8 Å². The molecule has 1 saturated heterocycles. The van der Waals surface area contributed by atoms with Crippen molar-refractivity contribution in [3.8, 4) is 0 Å². The molecule has 1 aromatic heterocycles. The van der Waals surface area contributed by atoms with E-state index in [4.69, 9.17) is 23.2 Å². The first-order valence-electron chi connectivity index (χ1n) is 6.83. The zero-order valence-electron chi connectivity index (χ0n) is 11.7. The molecule has 2 aromatic rings. The van der Waals surface area contributed by atoms with Crippen molar-refractivity contribution < 1.29 is 0 Å². The maximum atomic E-state index is 6.11. The van der Waals surface area contributed by atoms with Gasteiger partial charge in [0.25, 0.3) is 0 Å². The summed E-state index contributed by atoms with van der Waals surface area (Å²) in [4.78, 5) is 4.75. The highest BCUT2D eigenvalue weighted by Crippen LogP contribution is 2.26.